The molecule has 1 heterocycles. The quantitative estimate of drug-likeness (QED) is 0.850. The molecule has 0 saturated carbocycles. The fourth-order valence-corrected chi connectivity index (χ4v) is 4.40. The number of rotatable bonds is 4. The molecule has 1 fully saturated rings. The Bertz CT molecular complexity index is 585. The molecule has 1 aromatic rings. The Morgan fingerprint density at radius 2 is 2.15 bits per heavy atom. The molecule has 2 rings (SSSR count). The Labute approximate surface area is 128 Å². The number of ether oxygens (including phenoxy) is 1. The molecule has 110 valence electrons. The monoisotopic (exact) mass is 333 g/mol. The van der Waals surface area contributed by atoms with Crippen molar-refractivity contribution in [2.75, 3.05) is 30.5 Å². The van der Waals surface area contributed by atoms with E-state index in [0.29, 0.717) is 35.5 Å². The van der Waals surface area contributed by atoms with Gasteiger partial charge in [-0.2, -0.15) is 4.36 Å². The average Bonchev–Trinajstić information content (AvgIpc) is 2.39. The van der Waals surface area contributed by atoms with Crippen molar-refractivity contribution in [3.05, 3.63) is 34.9 Å². The summed E-state index contributed by atoms with van der Waals surface area (Å²) in [6.45, 7) is 0.844. The van der Waals surface area contributed by atoms with E-state index < -0.39 is 9.73 Å². The lowest BCUT2D eigenvalue weighted by molar-refractivity contribution is -0.115. The average molecular weight is 334 g/mol. The van der Waals surface area contributed by atoms with E-state index in [9.17, 15) is 9.00 Å². The van der Waals surface area contributed by atoms with Gasteiger partial charge >= 0.3 is 0 Å². The van der Waals surface area contributed by atoms with E-state index in [1.165, 1.54) is 11.8 Å². The molecule has 0 atom stereocenters. The lowest BCUT2D eigenvalue weighted by Gasteiger charge is -2.15. The van der Waals surface area contributed by atoms with Crippen LogP contribution in [-0.2, 0) is 25.0 Å². The number of halogens is 1. The van der Waals surface area contributed by atoms with E-state index in [-0.39, 0.29) is 11.7 Å². The van der Waals surface area contributed by atoms with E-state index >= 15 is 0 Å². The molecule has 1 saturated heterocycles. The van der Waals surface area contributed by atoms with Gasteiger partial charge in [0.2, 0.25) is 0 Å². The second-order valence-electron chi connectivity index (χ2n) is 4.40. The maximum atomic E-state index is 12.2. The second kappa shape index (κ2) is 7.45. The molecule has 0 radical (unpaired) electrons. The van der Waals surface area contributed by atoms with Crippen LogP contribution in [0.25, 0.3) is 0 Å². The van der Waals surface area contributed by atoms with Gasteiger partial charge in [-0.15, -0.1) is 11.8 Å². The number of amides is 1. The molecule has 1 aromatic carbocycles. The van der Waals surface area contributed by atoms with Crippen LogP contribution >= 0.6 is 23.4 Å². The van der Waals surface area contributed by atoms with Gasteiger partial charge in [-0.3, -0.25) is 4.79 Å². The molecule has 20 heavy (non-hydrogen) atoms. The van der Waals surface area contributed by atoms with E-state index in [4.69, 9.17) is 16.3 Å². The number of hydrogen-bond donors (Lipinski definition) is 0. The highest BCUT2D eigenvalue weighted by molar-refractivity contribution is 7.99. The van der Waals surface area contributed by atoms with Crippen molar-refractivity contribution in [3.8, 4) is 0 Å². The molecule has 0 aromatic heterocycles. The summed E-state index contributed by atoms with van der Waals surface area (Å²) < 4.78 is 21.2. The molecule has 0 spiro atoms. The molecule has 0 N–H and O–H groups in total. The number of carbonyl (C=O) groups excluding carboxylic acids is 1. The topological polar surface area (TPSA) is 55.7 Å². The smallest absolute Gasteiger partial charge is 0.263 e. The van der Waals surface area contributed by atoms with Crippen LogP contribution in [0.15, 0.2) is 28.6 Å². The zero-order valence-corrected chi connectivity index (χ0v) is 13.3. The van der Waals surface area contributed by atoms with Crippen molar-refractivity contribution in [2.24, 2.45) is 4.36 Å². The fraction of sp³-hybridized carbons (Fsp3) is 0.462. The summed E-state index contributed by atoms with van der Waals surface area (Å²) in [7, 11) is -2.38. The maximum Gasteiger partial charge on any atom is 0.263 e. The van der Waals surface area contributed by atoms with Gasteiger partial charge in [-0.25, -0.2) is 4.21 Å². The van der Waals surface area contributed by atoms with Crippen LogP contribution in [0.4, 0.5) is 0 Å². The van der Waals surface area contributed by atoms with Crippen LogP contribution in [0.3, 0.4) is 0 Å². The SMILES string of the molecule is O=C(CSCc1cccc(Cl)c1)N=S1(=O)CCOCC1. The highest BCUT2D eigenvalue weighted by Gasteiger charge is 2.16. The zero-order valence-electron chi connectivity index (χ0n) is 10.9. The van der Waals surface area contributed by atoms with Crippen LogP contribution in [0.2, 0.25) is 5.02 Å². The fourth-order valence-electron chi connectivity index (χ4n) is 1.77. The third-order valence-electron chi connectivity index (χ3n) is 2.74. The number of thioether (sulfide) groups is 1. The molecule has 0 aliphatic carbocycles. The Morgan fingerprint density at radius 3 is 2.85 bits per heavy atom. The minimum absolute atomic E-state index is 0.240. The lowest BCUT2D eigenvalue weighted by atomic mass is 10.2. The number of hydrogen-bond acceptors (Lipinski definition) is 4. The van der Waals surface area contributed by atoms with E-state index in [1.54, 1.807) is 0 Å². The molecular weight excluding hydrogens is 318 g/mol. The summed E-state index contributed by atoms with van der Waals surface area (Å²) in [5, 5.41) is 0.685. The van der Waals surface area contributed by atoms with Gasteiger partial charge in [0.25, 0.3) is 5.91 Å². The molecular formula is C13H16ClNO3S2. The van der Waals surface area contributed by atoms with E-state index in [1.807, 2.05) is 24.3 Å². The molecule has 4 nitrogen and oxygen atoms in total. The van der Waals surface area contributed by atoms with Crippen LogP contribution in [0.5, 0.6) is 0 Å². The van der Waals surface area contributed by atoms with E-state index in [0.717, 1.165) is 5.56 Å². The van der Waals surface area contributed by atoms with Crippen LogP contribution in [0.1, 0.15) is 5.56 Å². The third kappa shape index (κ3) is 5.09. The normalized spacial score (nSPS) is 17.6. The number of nitrogens with zero attached hydrogens (tertiary/aromatic N) is 1. The van der Waals surface area contributed by atoms with Crippen LogP contribution < -0.4 is 0 Å². The molecule has 0 unspecified atom stereocenters. The van der Waals surface area contributed by atoms with E-state index in [2.05, 4.69) is 4.36 Å². The van der Waals surface area contributed by atoms with Crippen LogP contribution in [-0.4, -0.2) is 40.6 Å². The largest absolute Gasteiger partial charge is 0.379 e. The predicted molar refractivity (Wildman–Crippen MR) is 83.7 cm³/mol. The first-order valence-corrected chi connectivity index (χ1v) is 9.61. The standard InChI is InChI=1S/C13H16ClNO3S2/c14-12-3-1-2-11(8-12)9-19-10-13(16)15-20(17)6-4-18-5-7-20/h1-3,8H,4-7,9-10H2. The number of carbonyl (C=O) groups is 1. The highest BCUT2D eigenvalue weighted by Crippen LogP contribution is 2.17. The maximum absolute atomic E-state index is 12.2. The Balaban J connectivity index is 1.83. The third-order valence-corrected chi connectivity index (χ3v) is 6.11. The summed E-state index contributed by atoms with van der Waals surface area (Å²) in [5.41, 5.74) is 1.06. The van der Waals surface area contributed by atoms with Crippen molar-refractivity contribution >= 4 is 39.0 Å². The second-order valence-corrected chi connectivity index (χ2v) is 8.37. The summed E-state index contributed by atoms with van der Waals surface area (Å²) in [6.07, 6.45) is 0. The Morgan fingerprint density at radius 1 is 1.40 bits per heavy atom. The Hall–Kier alpha value is -0.560. The molecule has 7 heteroatoms. The minimum atomic E-state index is -2.38. The van der Waals surface area contributed by atoms with Crippen molar-refractivity contribution < 1.29 is 13.7 Å². The van der Waals surface area contributed by atoms with Gasteiger partial charge in [0.05, 0.1) is 40.2 Å². The lowest BCUT2D eigenvalue weighted by Crippen LogP contribution is -2.26. The van der Waals surface area contributed by atoms with Crippen molar-refractivity contribution in [2.45, 2.75) is 5.75 Å². The van der Waals surface area contributed by atoms with Gasteiger partial charge in [-0.05, 0) is 17.7 Å². The summed E-state index contributed by atoms with van der Waals surface area (Å²) in [6, 6.07) is 7.52. The molecule has 1 aliphatic heterocycles. The van der Waals surface area contributed by atoms with Gasteiger partial charge in [0.1, 0.15) is 0 Å². The first kappa shape index (κ1) is 15.8. The van der Waals surface area contributed by atoms with Gasteiger partial charge in [-0.1, -0.05) is 23.7 Å². The van der Waals surface area contributed by atoms with Crippen molar-refractivity contribution in [1.29, 1.82) is 0 Å². The molecule has 1 amide bonds. The predicted octanol–water partition coefficient (Wildman–Crippen LogP) is 2.60. The first-order valence-electron chi connectivity index (χ1n) is 6.23. The van der Waals surface area contributed by atoms with Gasteiger partial charge < -0.3 is 4.74 Å². The van der Waals surface area contributed by atoms with Gasteiger partial charge in [0.15, 0.2) is 0 Å². The summed E-state index contributed by atoms with van der Waals surface area (Å²) in [5.74, 6) is 1.34. The van der Waals surface area contributed by atoms with Crippen LogP contribution in [0, 0.1) is 0 Å². The first-order chi connectivity index (χ1) is 9.57. The molecule has 1 aliphatic rings. The van der Waals surface area contributed by atoms with Crippen molar-refractivity contribution in [3.63, 3.8) is 0 Å². The summed E-state index contributed by atoms with van der Waals surface area (Å²) >= 11 is 7.34. The summed E-state index contributed by atoms with van der Waals surface area (Å²) in [4.78, 5) is 11.7. The minimum Gasteiger partial charge on any atom is -0.379 e. The van der Waals surface area contributed by atoms with Crippen molar-refractivity contribution in [1.82, 2.24) is 0 Å². The number of benzene rings is 1. The van der Waals surface area contributed by atoms with Gasteiger partial charge in [0, 0.05) is 10.8 Å². The molecule has 0 bridgehead atoms. The zero-order chi connectivity index (χ0) is 14.4. The Kier molecular flexibility index (Phi) is 5.89. The highest BCUT2D eigenvalue weighted by atomic mass is 35.5.